The number of anilines is 1. The zero-order valence-corrected chi connectivity index (χ0v) is 54.9. The first-order valence-electron chi connectivity index (χ1n) is 22.7. The fourth-order valence-corrected chi connectivity index (χ4v) is 11.3. The number of azo groups is 3. The quantitative estimate of drug-likeness (QED) is 0.0491. The van der Waals surface area contributed by atoms with Gasteiger partial charge in [-0.3, -0.25) is 18.2 Å². The van der Waals surface area contributed by atoms with Crippen molar-refractivity contribution in [2.24, 2.45) is 30.7 Å². The molecule has 0 unspecified atom stereocenters. The van der Waals surface area contributed by atoms with Crippen LogP contribution in [0, 0.1) is 0 Å². The number of hydrogen-bond acceptors (Lipinski definition) is 17. The van der Waals surface area contributed by atoms with Gasteiger partial charge in [-0.2, -0.15) is 38.8 Å². The Balaban J connectivity index is 0.00000100. The summed E-state index contributed by atoms with van der Waals surface area (Å²) in [7, 11) is -19.5. The number of nitrogen functional groups attached to an aromatic ring is 1. The first-order chi connectivity index (χ1) is 37.0. The molecule has 11 rings (SSSR count). The van der Waals surface area contributed by atoms with Gasteiger partial charge in [-0.05, 0) is 108 Å². The normalized spacial score (nSPS) is 12.4. The Labute approximate surface area is 563 Å². The van der Waals surface area contributed by atoms with Crippen LogP contribution in [0.4, 0.5) is 39.8 Å². The summed E-state index contributed by atoms with van der Waals surface area (Å²) in [5.74, 6) is 1.33. The zero-order valence-electron chi connectivity index (χ0n) is 47.7. The number of hydrogen-bond donors (Lipinski definition) is 6. The Morgan fingerprint density at radius 2 is 0.878 bits per heavy atom. The Morgan fingerprint density at radius 1 is 0.402 bits per heavy atom. The van der Waals surface area contributed by atoms with Crippen LogP contribution in [-0.4, -0.2) is 57.0 Å². The van der Waals surface area contributed by atoms with E-state index in [1.54, 1.807) is 24.3 Å². The number of rotatable bonds is 10. The maximum atomic E-state index is 12.4. The topological polar surface area (TPSA) is 347 Å². The van der Waals surface area contributed by atoms with Gasteiger partial charge in [0.15, 0.2) is 5.75 Å². The second-order valence-electron chi connectivity index (χ2n) is 17.3. The van der Waals surface area contributed by atoms with E-state index in [-0.39, 0.29) is 185 Å². The van der Waals surface area contributed by atoms with Crippen molar-refractivity contribution in [2.75, 3.05) is 5.73 Å². The smallest absolute Gasteiger partial charge is 1.00 e. The molecule has 1 aliphatic rings. The van der Waals surface area contributed by atoms with Gasteiger partial charge in [0.1, 0.15) is 31.9 Å². The molecule has 0 radical (unpaired) electrons. The molecule has 0 saturated heterocycles. The second-order valence-corrected chi connectivity index (χ2v) is 22.9. The molecule has 82 heavy (non-hydrogen) atoms. The predicted octanol–water partition coefficient (Wildman–Crippen LogP) is 1.67. The number of aromatic hydroxyl groups is 1. The second kappa shape index (κ2) is 26.6. The minimum absolute atomic E-state index is 0. The first kappa shape index (κ1) is 66.2. The molecule has 7 N–H and O–H groups in total. The molecule has 1 heterocycles. The number of para-hydroxylation sites is 2. The summed E-state index contributed by atoms with van der Waals surface area (Å²) < 4.78 is 143. The third kappa shape index (κ3) is 14.4. The standard InChI is InChI=1S/C40H27N7O13S4.C13H10O.4Na.4H/c41-22-8-10-25-21(16-22)17-38(64(58,59)60)39(40(25)48)47-46-35-15-14-34(28-11-9-24(20-30(28)35)61(49,50)51)45-44-33-13-12-32(26-4-1-2-5-27(26)33)43-42-23-18-31-29(37(19-23)63(55,56)57)6-3-7-36(31)62(52,53)54;1-3-7-12-10(5-1)9-11-6-2-4-8-13(11)14-12;;;;;;;;/h1-20,48H,41H2,(H,49,50,51)(H,52,53,54)(H,55,56,57)(H,58,59,60);1-8H,9H2;;;;;;;;/q;;4*+1;4*-1. The van der Waals surface area contributed by atoms with Crippen molar-refractivity contribution >= 4 is 123 Å². The van der Waals surface area contributed by atoms with Crippen LogP contribution < -0.4 is 129 Å². The van der Waals surface area contributed by atoms with E-state index < -0.39 is 71.5 Å². The predicted molar refractivity (Wildman–Crippen MR) is 294 cm³/mol. The van der Waals surface area contributed by atoms with Gasteiger partial charge in [-0.25, -0.2) is 0 Å². The summed E-state index contributed by atoms with van der Waals surface area (Å²) in [5, 5.41) is 37.4. The van der Waals surface area contributed by atoms with Crippen LogP contribution in [0.3, 0.4) is 0 Å². The molecule has 0 bridgehead atoms. The van der Waals surface area contributed by atoms with Crippen LogP contribution in [0.1, 0.15) is 16.8 Å². The molecule has 1 aliphatic heterocycles. The maximum absolute atomic E-state index is 12.4. The van der Waals surface area contributed by atoms with Crippen LogP contribution in [0.2, 0.25) is 0 Å². The van der Waals surface area contributed by atoms with Crippen LogP contribution in [0.15, 0.2) is 220 Å². The summed E-state index contributed by atoms with van der Waals surface area (Å²) >= 11 is 0. The molecule has 0 atom stereocenters. The van der Waals surface area contributed by atoms with E-state index in [1.165, 1.54) is 77.9 Å². The number of nitrogens with zero attached hydrogens (tertiary/aromatic N) is 6. The summed E-state index contributed by atoms with van der Waals surface area (Å²) in [5.41, 5.74) is 8.38. The van der Waals surface area contributed by atoms with Crippen molar-refractivity contribution in [2.45, 2.75) is 26.0 Å². The number of phenolic OH excluding ortho intramolecular Hbond substituents is 1. The minimum atomic E-state index is -4.99. The maximum Gasteiger partial charge on any atom is 1.00 e. The SMILES string of the molecule is Nc1ccc2c(O)c(N=Nc3ccc(N=Nc4ccc(N=Nc5cc(S(=O)(=O)O)c6cccc(S(=O)(=O)O)c6c5)c5ccccc45)c4ccc(S(=O)(=O)O)cc34)c(S(=O)(=O)O)cc2c1.[H-].[H-].[H-].[H-].[Na+].[Na+].[Na+].[Na+].c1ccc2c(c1)Cc1ccccc1O2. The van der Waals surface area contributed by atoms with Gasteiger partial charge >= 0.3 is 118 Å². The van der Waals surface area contributed by atoms with E-state index in [0.717, 1.165) is 48.3 Å². The minimum Gasteiger partial charge on any atom is -1.00 e. The van der Waals surface area contributed by atoms with Gasteiger partial charge in [-0.1, -0.05) is 78.9 Å². The summed E-state index contributed by atoms with van der Waals surface area (Å²) in [6.45, 7) is 0. The van der Waals surface area contributed by atoms with Crippen molar-refractivity contribution in [3.05, 3.63) is 181 Å². The molecule has 0 amide bonds. The van der Waals surface area contributed by atoms with Gasteiger partial charge in [-0.15, -0.1) is 25.6 Å². The van der Waals surface area contributed by atoms with Gasteiger partial charge in [0, 0.05) is 49.8 Å². The summed E-state index contributed by atoms with van der Waals surface area (Å²) in [6, 6.07) is 43.3. The molecule has 0 aromatic heterocycles. The van der Waals surface area contributed by atoms with E-state index in [4.69, 9.17) is 10.5 Å². The Kier molecular flexibility index (Phi) is 21.4. The summed E-state index contributed by atoms with van der Waals surface area (Å²) in [6.07, 6.45) is 0.979. The number of ether oxygens (including phenoxy) is 1. The van der Waals surface area contributed by atoms with Gasteiger partial charge < -0.3 is 21.3 Å². The average molecular weight is 1220 g/mol. The van der Waals surface area contributed by atoms with Gasteiger partial charge in [0.05, 0.1) is 33.3 Å². The summed E-state index contributed by atoms with van der Waals surface area (Å²) in [4.78, 5) is -2.64. The molecule has 29 heteroatoms. The van der Waals surface area contributed by atoms with E-state index in [2.05, 4.69) is 55.0 Å². The fourth-order valence-electron chi connectivity index (χ4n) is 8.69. The number of fused-ring (bicyclic) bond motifs is 6. The van der Waals surface area contributed by atoms with Crippen molar-refractivity contribution in [3.8, 4) is 17.2 Å². The zero-order chi connectivity index (χ0) is 55.3. The third-order valence-corrected chi connectivity index (χ3v) is 15.8. The molecule has 0 saturated carbocycles. The van der Waals surface area contributed by atoms with Crippen molar-refractivity contribution in [1.29, 1.82) is 0 Å². The monoisotopic (exact) mass is 1220 g/mol. The molecule has 10 aromatic rings. The molecular weight excluding hydrogens is 1180 g/mol. The van der Waals surface area contributed by atoms with Crippen molar-refractivity contribution < 1.29 is 186 Å². The molecular formula is C53H41N7Na4O14S4. The Bertz CT molecular complexity index is 4690. The molecule has 400 valence electrons. The third-order valence-electron chi connectivity index (χ3n) is 12.3. The molecule has 10 aromatic carbocycles. The number of benzene rings is 10. The molecule has 0 spiro atoms. The van der Waals surface area contributed by atoms with Crippen molar-refractivity contribution in [1.82, 2.24) is 0 Å². The van der Waals surface area contributed by atoms with E-state index >= 15 is 0 Å². The van der Waals surface area contributed by atoms with Gasteiger partial charge in [0.2, 0.25) is 0 Å². The van der Waals surface area contributed by atoms with E-state index in [0.29, 0.717) is 16.5 Å². The van der Waals surface area contributed by atoms with Crippen LogP contribution in [0.5, 0.6) is 17.2 Å². The average Bonchev–Trinajstić information content (AvgIpc) is 0.953. The van der Waals surface area contributed by atoms with Crippen LogP contribution in [0.25, 0.3) is 43.1 Å². The number of phenols is 1. The molecule has 0 aliphatic carbocycles. The largest absolute Gasteiger partial charge is 1.00 e. The Hall–Kier alpha value is -4.92. The molecule has 21 nitrogen and oxygen atoms in total. The fraction of sp³-hybridized carbons (Fsp3) is 0.0189. The van der Waals surface area contributed by atoms with E-state index in [1.807, 2.05) is 24.3 Å². The van der Waals surface area contributed by atoms with Crippen molar-refractivity contribution in [3.63, 3.8) is 0 Å². The Morgan fingerprint density at radius 3 is 1.43 bits per heavy atom. The first-order valence-corrected chi connectivity index (χ1v) is 28.5. The number of nitrogens with two attached hydrogens (primary N) is 1. The van der Waals surface area contributed by atoms with Crippen LogP contribution >= 0.6 is 0 Å². The molecule has 0 fully saturated rings. The van der Waals surface area contributed by atoms with Crippen LogP contribution in [-0.2, 0) is 46.9 Å². The van der Waals surface area contributed by atoms with E-state index in [9.17, 15) is 57.0 Å². The van der Waals surface area contributed by atoms with Gasteiger partial charge in [0.25, 0.3) is 40.5 Å².